The maximum Gasteiger partial charge on any atom is 0.290 e. The van der Waals surface area contributed by atoms with E-state index < -0.39 is 0 Å². The monoisotopic (exact) mass is 394 g/mol. The molecular weight excluding hydrogens is 364 g/mol. The first-order valence-electron chi connectivity index (χ1n) is 9.59. The Balaban J connectivity index is 0.000000878. The Labute approximate surface area is 166 Å². The summed E-state index contributed by atoms with van der Waals surface area (Å²) >= 11 is 0. The van der Waals surface area contributed by atoms with E-state index in [4.69, 9.17) is 24.1 Å². The minimum absolute atomic E-state index is 0.0577. The lowest BCUT2D eigenvalue weighted by Gasteiger charge is -2.29. The molecule has 1 N–H and O–H groups in total. The van der Waals surface area contributed by atoms with Crippen LogP contribution in [0.25, 0.3) is 0 Å². The number of amides is 1. The molecule has 0 aromatic heterocycles. The SMILES string of the molecule is Cc1ccccc1OCC(=O)N1CCCN(CC2COCCO2)CC1.O=CO. The lowest BCUT2D eigenvalue weighted by atomic mass is 10.2. The number of hydrogen-bond donors (Lipinski definition) is 1. The number of benzene rings is 1. The smallest absolute Gasteiger partial charge is 0.290 e. The Morgan fingerprint density at radius 2 is 2.04 bits per heavy atom. The summed E-state index contributed by atoms with van der Waals surface area (Å²) in [6.07, 6.45) is 1.13. The summed E-state index contributed by atoms with van der Waals surface area (Å²) in [6.45, 7) is 8.14. The second kappa shape index (κ2) is 12.3. The highest BCUT2D eigenvalue weighted by atomic mass is 16.6. The third-order valence-electron chi connectivity index (χ3n) is 4.73. The molecular formula is C20H30N2O6. The molecule has 1 atom stereocenters. The third kappa shape index (κ3) is 7.46. The van der Waals surface area contributed by atoms with Gasteiger partial charge in [-0.1, -0.05) is 18.2 Å². The zero-order chi connectivity index (χ0) is 20.2. The molecule has 0 aliphatic carbocycles. The van der Waals surface area contributed by atoms with Crippen LogP contribution in [0.4, 0.5) is 0 Å². The molecule has 0 bridgehead atoms. The van der Waals surface area contributed by atoms with Crippen molar-refractivity contribution >= 4 is 12.4 Å². The first kappa shape index (κ1) is 22.1. The molecule has 2 heterocycles. The summed E-state index contributed by atoms with van der Waals surface area (Å²) in [5.74, 6) is 0.837. The fraction of sp³-hybridized carbons (Fsp3) is 0.600. The van der Waals surface area contributed by atoms with Gasteiger partial charge in [0.25, 0.3) is 12.4 Å². The molecule has 8 heteroatoms. The lowest BCUT2D eigenvalue weighted by molar-refractivity contribution is -0.133. The van der Waals surface area contributed by atoms with Gasteiger partial charge >= 0.3 is 0 Å². The maximum atomic E-state index is 12.5. The lowest BCUT2D eigenvalue weighted by Crippen LogP contribution is -2.42. The maximum absolute atomic E-state index is 12.5. The highest BCUT2D eigenvalue weighted by Crippen LogP contribution is 2.16. The summed E-state index contributed by atoms with van der Waals surface area (Å²) in [7, 11) is 0. The van der Waals surface area contributed by atoms with Crippen LogP contribution in [0.2, 0.25) is 0 Å². The van der Waals surface area contributed by atoms with Gasteiger partial charge in [-0.2, -0.15) is 0 Å². The van der Waals surface area contributed by atoms with Crippen molar-refractivity contribution < 1.29 is 28.9 Å². The van der Waals surface area contributed by atoms with Gasteiger partial charge in [-0.25, -0.2) is 0 Å². The van der Waals surface area contributed by atoms with E-state index in [1.807, 2.05) is 36.1 Å². The van der Waals surface area contributed by atoms with E-state index >= 15 is 0 Å². The first-order chi connectivity index (χ1) is 13.6. The number of rotatable bonds is 5. The molecule has 1 aromatic rings. The highest BCUT2D eigenvalue weighted by Gasteiger charge is 2.23. The van der Waals surface area contributed by atoms with Crippen LogP contribution >= 0.6 is 0 Å². The van der Waals surface area contributed by atoms with Crippen LogP contribution in [0.15, 0.2) is 24.3 Å². The van der Waals surface area contributed by atoms with E-state index in [0.29, 0.717) is 19.8 Å². The average Bonchev–Trinajstić information content (AvgIpc) is 2.94. The number of carbonyl (C=O) groups is 2. The summed E-state index contributed by atoms with van der Waals surface area (Å²) < 4.78 is 16.9. The van der Waals surface area contributed by atoms with Crippen molar-refractivity contribution in [2.45, 2.75) is 19.4 Å². The predicted molar refractivity (Wildman–Crippen MR) is 104 cm³/mol. The van der Waals surface area contributed by atoms with E-state index in [1.54, 1.807) is 0 Å². The van der Waals surface area contributed by atoms with Crippen LogP contribution < -0.4 is 4.74 Å². The normalized spacial score (nSPS) is 20.5. The van der Waals surface area contributed by atoms with E-state index in [9.17, 15) is 4.79 Å². The van der Waals surface area contributed by atoms with Crippen molar-refractivity contribution in [3.8, 4) is 5.75 Å². The molecule has 0 spiro atoms. The quantitative estimate of drug-likeness (QED) is 0.746. The molecule has 1 amide bonds. The molecule has 2 aliphatic rings. The van der Waals surface area contributed by atoms with Crippen LogP contribution in [0.5, 0.6) is 5.75 Å². The van der Waals surface area contributed by atoms with Crippen LogP contribution in [0.1, 0.15) is 12.0 Å². The van der Waals surface area contributed by atoms with Crippen LogP contribution in [0, 0.1) is 6.92 Å². The number of carbonyl (C=O) groups excluding carboxylic acids is 1. The predicted octanol–water partition coefficient (Wildman–Crippen LogP) is 1.02. The standard InChI is InChI=1S/C19H28N2O4.CH2O2/c1-16-5-2-3-6-18(16)25-15-19(22)21-8-4-7-20(9-10-21)13-17-14-23-11-12-24-17;2-1-3/h2-3,5-6,17H,4,7-15H2,1H3;1H,(H,2,3). The molecule has 0 radical (unpaired) electrons. The van der Waals surface area contributed by atoms with Gasteiger partial charge in [0.15, 0.2) is 6.61 Å². The van der Waals surface area contributed by atoms with Crippen molar-refractivity contribution in [2.24, 2.45) is 0 Å². The summed E-state index contributed by atoms with van der Waals surface area (Å²) in [5, 5.41) is 6.89. The Hall–Kier alpha value is -2.16. The Bertz CT molecular complexity index is 606. The van der Waals surface area contributed by atoms with Crippen molar-refractivity contribution in [1.82, 2.24) is 9.80 Å². The topological polar surface area (TPSA) is 88.5 Å². The molecule has 1 unspecified atom stereocenters. The number of para-hydroxylation sites is 1. The number of hydrogen-bond acceptors (Lipinski definition) is 6. The average molecular weight is 394 g/mol. The van der Waals surface area contributed by atoms with Crippen LogP contribution in [-0.2, 0) is 19.1 Å². The van der Waals surface area contributed by atoms with Gasteiger partial charge in [0.2, 0.25) is 0 Å². The van der Waals surface area contributed by atoms with Gasteiger partial charge < -0.3 is 24.2 Å². The fourth-order valence-corrected chi connectivity index (χ4v) is 3.28. The Morgan fingerprint density at radius 3 is 2.75 bits per heavy atom. The molecule has 8 nitrogen and oxygen atoms in total. The third-order valence-corrected chi connectivity index (χ3v) is 4.73. The highest BCUT2D eigenvalue weighted by molar-refractivity contribution is 5.77. The fourth-order valence-electron chi connectivity index (χ4n) is 3.28. The number of carboxylic acid groups (broad SMARTS) is 1. The molecule has 3 rings (SSSR count). The van der Waals surface area contributed by atoms with Gasteiger partial charge in [0.05, 0.1) is 25.9 Å². The van der Waals surface area contributed by atoms with Crippen molar-refractivity contribution in [3.63, 3.8) is 0 Å². The van der Waals surface area contributed by atoms with Crippen LogP contribution in [-0.4, -0.2) is 92.5 Å². The molecule has 0 saturated carbocycles. The zero-order valence-corrected chi connectivity index (χ0v) is 16.4. The van der Waals surface area contributed by atoms with Gasteiger partial charge in [-0.15, -0.1) is 0 Å². The number of nitrogens with zero attached hydrogens (tertiary/aromatic N) is 2. The zero-order valence-electron chi connectivity index (χ0n) is 16.4. The summed E-state index contributed by atoms with van der Waals surface area (Å²) in [5.41, 5.74) is 1.05. The molecule has 1 aromatic carbocycles. The van der Waals surface area contributed by atoms with E-state index in [0.717, 1.165) is 50.5 Å². The first-order valence-corrected chi connectivity index (χ1v) is 9.59. The van der Waals surface area contributed by atoms with Gasteiger partial charge in [0, 0.05) is 26.2 Å². The summed E-state index contributed by atoms with van der Waals surface area (Å²) in [4.78, 5) is 25.1. The number of aryl methyl sites for hydroxylation is 1. The van der Waals surface area contributed by atoms with Gasteiger partial charge in [-0.05, 0) is 31.5 Å². The molecule has 2 fully saturated rings. The molecule has 2 aliphatic heterocycles. The Morgan fingerprint density at radius 1 is 1.25 bits per heavy atom. The Kier molecular flexibility index (Phi) is 9.74. The van der Waals surface area contributed by atoms with Gasteiger partial charge in [0.1, 0.15) is 5.75 Å². The van der Waals surface area contributed by atoms with Crippen molar-refractivity contribution in [1.29, 1.82) is 0 Å². The van der Waals surface area contributed by atoms with Crippen molar-refractivity contribution in [2.75, 3.05) is 59.2 Å². The minimum atomic E-state index is -0.250. The second-order valence-electron chi connectivity index (χ2n) is 6.76. The molecule has 156 valence electrons. The van der Waals surface area contributed by atoms with E-state index in [1.165, 1.54) is 0 Å². The van der Waals surface area contributed by atoms with Crippen LogP contribution in [0.3, 0.4) is 0 Å². The van der Waals surface area contributed by atoms with Crippen molar-refractivity contribution in [3.05, 3.63) is 29.8 Å². The summed E-state index contributed by atoms with van der Waals surface area (Å²) in [6, 6.07) is 7.78. The largest absolute Gasteiger partial charge is 0.484 e. The minimum Gasteiger partial charge on any atom is -0.484 e. The van der Waals surface area contributed by atoms with E-state index in [2.05, 4.69) is 4.90 Å². The molecule has 28 heavy (non-hydrogen) atoms. The number of ether oxygens (including phenoxy) is 3. The van der Waals surface area contributed by atoms with Gasteiger partial charge in [-0.3, -0.25) is 14.5 Å². The molecule has 2 saturated heterocycles. The second-order valence-corrected chi connectivity index (χ2v) is 6.76. The van der Waals surface area contributed by atoms with E-state index in [-0.39, 0.29) is 25.1 Å².